The lowest BCUT2D eigenvalue weighted by Crippen LogP contribution is -2.22. The zero-order valence-electron chi connectivity index (χ0n) is 9.87. The Kier molecular flexibility index (Phi) is 5.37. The number of aliphatic hydroxyl groups excluding tert-OH is 1. The van der Waals surface area contributed by atoms with Crippen molar-refractivity contribution in [3.8, 4) is 0 Å². The molecule has 0 aromatic heterocycles. The number of hydrogen-bond donors (Lipinski definition) is 2. The van der Waals surface area contributed by atoms with Crippen LogP contribution in [-0.2, 0) is 6.18 Å². The summed E-state index contributed by atoms with van der Waals surface area (Å²) in [5, 5.41) is 12.7. The summed E-state index contributed by atoms with van der Waals surface area (Å²) in [5.41, 5.74) is -0.243. The van der Waals surface area contributed by atoms with Gasteiger partial charge in [0.05, 0.1) is 11.7 Å². The number of halogens is 3. The zero-order valence-corrected chi connectivity index (χ0v) is 9.87. The van der Waals surface area contributed by atoms with Crippen LogP contribution in [0.5, 0.6) is 0 Å². The fraction of sp³-hybridized carbons (Fsp3) is 0.385. The number of alkyl halides is 3. The second kappa shape index (κ2) is 6.56. The molecule has 0 amide bonds. The first-order chi connectivity index (χ1) is 8.45. The smallest absolute Gasteiger partial charge is 0.387 e. The Morgan fingerprint density at radius 3 is 2.39 bits per heavy atom. The van der Waals surface area contributed by atoms with Gasteiger partial charge in [-0.15, -0.1) is 6.58 Å². The van der Waals surface area contributed by atoms with E-state index in [4.69, 9.17) is 0 Å². The maximum absolute atomic E-state index is 12.3. The molecule has 0 saturated carbocycles. The highest BCUT2D eigenvalue weighted by Gasteiger charge is 2.30. The van der Waals surface area contributed by atoms with Crippen molar-refractivity contribution in [2.24, 2.45) is 0 Å². The van der Waals surface area contributed by atoms with E-state index in [0.717, 1.165) is 18.6 Å². The summed E-state index contributed by atoms with van der Waals surface area (Å²) in [6.45, 7) is 4.55. The monoisotopic (exact) mass is 259 g/mol. The summed E-state index contributed by atoms with van der Waals surface area (Å²) in [6, 6.07) is 4.54. The summed E-state index contributed by atoms with van der Waals surface area (Å²) in [4.78, 5) is 0. The van der Waals surface area contributed by atoms with Crippen molar-refractivity contribution in [1.29, 1.82) is 0 Å². The van der Waals surface area contributed by atoms with Crippen LogP contribution in [0.4, 0.5) is 13.2 Å². The molecule has 0 aliphatic heterocycles. The van der Waals surface area contributed by atoms with E-state index in [1.165, 1.54) is 12.1 Å². The van der Waals surface area contributed by atoms with Gasteiger partial charge in [0.25, 0.3) is 0 Å². The molecule has 1 atom stereocenters. The summed E-state index contributed by atoms with van der Waals surface area (Å²) < 4.78 is 37.0. The normalized spacial score (nSPS) is 13.3. The fourth-order valence-electron chi connectivity index (χ4n) is 1.46. The maximum atomic E-state index is 12.3. The molecule has 0 spiro atoms. The van der Waals surface area contributed by atoms with Gasteiger partial charge in [0, 0.05) is 6.54 Å². The number of aliphatic hydroxyl groups is 1. The van der Waals surface area contributed by atoms with E-state index >= 15 is 0 Å². The number of hydrogen-bond acceptors (Lipinski definition) is 2. The minimum absolute atomic E-state index is 0.305. The second-order valence-corrected chi connectivity index (χ2v) is 3.92. The van der Waals surface area contributed by atoms with Crippen LogP contribution in [0.1, 0.15) is 23.7 Å². The van der Waals surface area contributed by atoms with Gasteiger partial charge in [-0.05, 0) is 30.7 Å². The molecule has 1 unspecified atom stereocenters. The third-order valence-electron chi connectivity index (χ3n) is 2.49. The molecule has 1 aromatic rings. The van der Waals surface area contributed by atoms with Crippen molar-refractivity contribution in [3.63, 3.8) is 0 Å². The standard InChI is InChI=1S/C13H16F3NO/c1-2-3-8-17-9-12(18)10-4-6-11(7-5-10)13(14,15)16/h2,4-7,12,17-18H,1,3,8-9H2. The van der Waals surface area contributed by atoms with Crippen LogP contribution in [0, 0.1) is 0 Å². The van der Waals surface area contributed by atoms with Gasteiger partial charge >= 0.3 is 6.18 Å². The SMILES string of the molecule is C=CCCNCC(O)c1ccc(C(F)(F)F)cc1. The van der Waals surface area contributed by atoms with Crippen molar-refractivity contribution in [1.82, 2.24) is 5.32 Å². The average molecular weight is 259 g/mol. The quantitative estimate of drug-likeness (QED) is 0.608. The molecule has 2 nitrogen and oxygen atoms in total. The van der Waals surface area contributed by atoms with Gasteiger partial charge in [-0.3, -0.25) is 0 Å². The van der Waals surface area contributed by atoms with Gasteiger partial charge < -0.3 is 10.4 Å². The van der Waals surface area contributed by atoms with Gasteiger partial charge in [-0.1, -0.05) is 18.2 Å². The Bertz CT molecular complexity index is 373. The molecule has 0 saturated heterocycles. The van der Waals surface area contributed by atoms with Crippen LogP contribution in [0.2, 0.25) is 0 Å². The lowest BCUT2D eigenvalue weighted by molar-refractivity contribution is -0.137. The molecule has 100 valence electrons. The van der Waals surface area contributed by atoms with Crippen LogP contribution in [0.25, 0.3) is 0 Å². The van der Waals surface area contributed by atoms with E-state index in [9.17, 15) is 18.3 Å². The van der Waals surface area contributed by atoms with Gasteiger partial charge in [0.2, 0.25) is 0 Å². The van der Waals surface area contributed by atoms with Crippen molar-refractivity contribution < 1.29 is 18.3 Å². The molecule has 2 N–H and O–H groups in total. The van der Waals surface area contributed by atoms with E-state index in [2.05, 4.69) is 11.9 Å². The van der Waals surface area contributed by atoms with E-state index in [0.29, 0.717) is 18.7 Å². The molecule has 1 aromatic carbocycles. The average Bonchev–Trinajstić information content (AvgIpc) is 2.33. The summed E-state index contributed by atoms with van der Waals surface area (Å²) in [7, 11) is 0. The molecule has 5 heteroatoms. The van der Waals surface area contributed by atoms with Crippen molar-refractivity contribution in [3.05, 3.63) is 48.0 Å². The van der Waals surface area contributed by atoms with Gasteiger partial charge in [-0.25, -0.2) is 0 Å². The molecular formula is C13H16F3NO. The maximum Gasteiger partial charge on any atom is 0.416 e. The molecular weight excluding hydrogens is 243 g/mol. The Hall–Kier alpha value is -1.33. The predicted molar refractivity (Wildman–Crippen MR) is 64.1 cm³/mol. The van der Waals surface area contributed by atoms with Crippen LogP contribution in [-0.4, -0.2) is 18.2 Å². The van der Waals surface area contributed by atoms with E-state index in [1.54, 1.807) is 6.08 Å². The Morgan fingerprint density at radius 2 is 1.89 bits per heavy atom. The van der Waals surface area contributed by atoms with E-state index < -0.39 is 17.8 Å². The molecule has 0 fully saturated rings. The zero-order chi connectivity index (χ0) is 13.6. The molecule has 18 heavy (non-hydrogen) atoms. The van der Waals surface area contributed by atoms with Gasteiger partial charge in [0.1, 0.15) is 0 Å². The Morgan fingerprint density at radius 1 is 1.28 bits per heavy atom. The number of rotatable bonds is 6. The third-order valence-corrected chi connectivity index (χ3v) is 2.49. The number of benzene rings is 1. The molecule has 0 bridgehead atoms. The molecule has 0 heterocycles. The van der Waals surface area contributed by atoms with E-state index in [1.807, 2.05) is 0 Å². The predicted octanol–water partition coefficient (Wildman–Crippen LogP) is 2.90. The molecule has 0 aliphatic carbocycles. The summed E-state index contributed by atoms with van der Waals surface area (Å²) >= 11 is 0. The van der Waals surface area contributed by atoms with E-state index in [-0.39, 0.29) is 0 Å². The van der Waals surface area contributed by atoms with Crippen LogP contribution in [0.3, 0.4) is 0 Å². The summed E-state index contributed by atoms with van der Waals surface area (Å²) in [5.74, 6) is 0. The van der Waals surface area contributed by atoms with Gasteiger partial charge in [0.15, 0.2) is 0 Å². The first-order valence-corrected chi connectivity index (χ1v) is 5.62. The lowest BCUT2D eigenvalue weighted by Gasteiger charge is -2.13. The van der Waals surface area contributed by atoms with Crippen LogP contribution < -0.4 is 5.32 Å². The minimum atomic E-state index is -4.34. The second-order valence-electron chi connectivity index (χ2n) is 3.92. The Balaban J connectivity index is 2.54. The first-order valence-electron chi connectivity index (χ1n) is 5.62. The molecule has 0 aliphatic rings. The molecule has 1 rings (SSSR count). The van der Waals surface area contributed by atoms with Crippen LogP contribution in [0.15, 0.2) is 36.9 Å². The molecule has 0 radical (unpaired) electrons. The van der Waals surface area contributed by atoms with Crippen molar-refractivity contribution in [2.45, 2.75) is 18.7 Å². The Labute approximate surface area is 104 Å². The van der Waals surface area contributed by atoms with Crippen molar-refractivity contribution >= 4 is 0 Å². The lowest BCUT2D eigenvalue weighted by atomic mass is 10.1. The minimum Gasteiger partial charge on any atom is -0.387 e. The third kappa shape index (κ3) is 4.50. The van der Waals surface area contributed by atoms with Gasteiger partial charge in [-0.2, -0.15) is 13.2 Å². The highest BCUT2D eigenvalue weighted by molar-refractivity contribution is 5.26. The van der Waals surface area contributed by atoms with Crippen LogP contribution >= 0.6 is 0 Å². The fourth-order valence-corrected chi connectivity index (χ4v) is 1.46. The topological polar surface area (TPSA) is 32.3 Å². The highest BCUT2D eigenvalue weighted by atomic mass is 19.4. The first kappa shape index (κ1) is 14.7. The highest BCUT2D eigenvalue weighted by Crippen LogP contribution is 2.29. The largest absolute Gasteiger partial charge is 0.416 e. The number of nitrogens with one attached hydrogen (secondary N) is 1. The summed E-state index contributed by atoms with van der Waals surface area (Å²) in [6.07, 6.45) is -2.62. The van der Waals surface area contributed by atoms with Crippen molar-refractivity contribution in [2.75, 3.05) is 13.1 Å².